The number of ether oxygens (including phenoxy) is 1. The highest BCUT2D eigenvalue weighted by atomic mass is 35.5. The number of hydrogen-bond acceptors (Lipinski definition) is 4. The molecule has 0 radical (unpaired) electrons. The quantitative estimate of drug-likeness (QED) is 0.742. The molecule has 21 heavy (non-hydrogen) atoms. The first-order valence-corrected chi connectivity index (χ1v) is 6.30. The summed E-state index contributed by atoms with van der Waals surface area (Å²) in [7, 11) is 0. The Morgan fingerprint density at radius 2 is 1.95 bits per heavy atom. The van der Waals surface area contributed by atoms with Gasteiger partial charge in [0.15, 0.2) is 5.43 Å². The molecule has 0 aliphatic carbocycles. The molecule has 3 rings (SSSR count). The van der Waals surface area contributed by atoms with Crippen LogP contribution in [0, 0.1) is 0 Å². The Morgan fingerprint density at radius 3 is 2.76 bits per heavy atom. The van der Waals surface area contributed by atoms with Crippen LogP contribution in [0.15, 0.2) is 60.0 Å². The normalized spacial score (nSPS) is 10.1. The van der Waals surface area contributed by atoms with Crippen molar-refractivity contribution in [2.75, 3.05) is 6.61 Å². The lowest BCUT2D eigenvalue weighted by atomic mass is 10.2. The molecule has 2 heterocycles. The number of rotatable bonds is 4. The van der Waals surface area contributed by atoms with E-state index < -0.39 is 0 Å². The molecule has 0 fully saturated rings. The van der Waals surface area contributed by atoms with Crippen LogP contribution >= 0.6 is 12.4 Å². The van der Waals surface area contributed by atoms with Gasteiger partial charge in [0.05, 0.1) is 12.1 Å². The molecule has 1 aromatic carbocycles. The zero-order valence-corrected chi connectivity index (χ0v) is 12.0. The van der Waals surface area contributed by atoms with Gasteiger partial charge in [0.1, 0.15) is 18.7 Å². The molecule has 0 aliphatic heterocycles. The average molecular weight is 304 g/mol. The number of nitrogens with zero attached hydrogens (tertiary/aromatic N) is 3. The van der Waals surface area contributed by atoms with Crippen LogP contribution in [0.2, 0.25) is 0 Å². The summed E-state index contributed by atoms with van der Waals surface area (Å²) in [5.41, 5.74) is 0.872. The molecule has 0 saturated carbocycles. The van der Waals surface area contributed by atoms with Crippen molar-refractivity contribution in [1.82, 2.24) is 14.5 Å². The first-order chi connectivity index (χ1) is 9.81. The number of pyridine rings is 1. The van der Waals surface area contributed by atoms with Crippen LogP contribution in [0.25, 0.3) is 10.9 Å². The topological polar surface area (TPSA) is 57.0 Å². The Labute approximate surface area is 127 Å². The Kier molecular flexibility index (Phi) is 4.90. The second-order valence-corrected chi connectivity index (χ2v) is 4.36. The van der Waals surface area contributed by atoms with Crippen molar-refractivity contribution in [3.8, 4) is 5.75 Å². The molecule has 0 spiro atoms. The Bertz CT molecular complexity index is 768. The van der Waals surface area contributed by atoms with E-state index in [0.29, 0.717) is 13.2 Å². The average Bonchev–Trinajstić information content (AvgIpc) is 2.49. The Balaban J connectivity index is 0.00000161. The van der Waals surface area contributed by atoms with E-state index in [0.717, 1.165) is 16.7 Å². The summed E-state index contributed by atoms with van der Waals surface area (Å²) in [6, 6.07) is 8.80. The second kappa shape index (κ2) is 6.85. The summed E-state index contributed by atoms with van der Waals surface area (Å²) in [6.07, 6.45) is 6.79. The van der Waals surface area contributed by atoms with Gasteiger partial charge >= 0.3 is 0 Å². The number of fused-ring (bicyclic) bond motifs is 1. The summed E-state index contributed by atoms with van der Waals surface area (Å²) in [4.78, 5) is 19.1. The third-order valence-electron chi connectivity index (χ3n) is 2.96. The summed E-state index contributed by atoms with van der Waals surface area (Å²) in [5.74, 6) is 0.775. The lowest BCUT2D eigenvalue weighted by Crippen LogP contribution is -2.10. The minimum Gasteiger partial charge on any atom is -0.492 e. The zero-order valence-electron chi connectivity index (χ0n) is 11.2. The fourth-order valence-electron chi connectivity index (χ4n) is 1.91. The number of halogens is 1. The number of benzene rings is 1. The van der Waals surface area contributed by atoms with Crippen molar-refractivity contribution in [3.05, 3.63) is 65.5 Å². The number of aromatic nitrogens is 3. The summed E-state index contributed by atoms with van der Waals surface area (Å²) < 4.78 is 7.60. The van der Waals surface area contributed by atoms with Gasteiger partial charge in [0.25, 0.3) is 0 Å². The molecule has 0 aliphatic rings. The van der Waals surface area contributed by atoms with Gasteiger partial charge in [-0.1, -0.05) is 0 Å². The molecule has 0 amide bonds. The third kappa shape index (κ3) is 3.79. The van der Waals surface area contributed by atoms with E-state index in [-0.39, 0.29) is 17.8 Å². The summed E-state index contributed by atoms with van der Waals surface area (Å²) in [5, 5.41) is 0.986. The molecular formula is C15H14ClN3O2. The van der Waals surface area contributed by atoms with E-state index in [4.69, 9.17) is 4.74 Å². The standard InChI is InChI=1S/C15H13N3O2.ClH/c19-13-3-5-18(6-4-13)7-8-20-14-2-1-12-10-16-11-17-15(12)9-14;/h1-6,9-11H,7-8H2;1H. The molecule has 0 N–H and O–H groups in total. The van der Waals surface area contributed by atoms with Gasteiger partial charge in [-0.25, -0.2) is 9.97 Å². The summed E-state index contributed by atoms with van der Waals surface area (Å²) >= 11 is 0. The fraction of sp³-hybridized carbons (Fsp3) is 0.133. The predicted molar refractivity (Wildman–Crippen MR) is 83.0 cm³/mol. The van der Waals surface area contributed by atoms with Gasteiger partial charge in [-0.15, -0.1) is 12.4 Å². The van der Waals surface area contributed by atoms with Crippen molar-refractivity contribution in [3.63, 3.8) is 0 Å². The SMILES string of the molecule is Cl.O=c1ccn(CCOc2ccc3cncnc3c2)cc1. The smallest absolute Gasteiger partial charge is 0.181 e. The van der Waals surface area contributed by atoms with E-state index in [1.807, 2.05) is 22.8 Å². The van der Waals surface area contributed by atoms with Gasteiger partial charge in [0, 0.05) is 42.2 Å². The Hall–Kier alpha value is -2.40. The van der Waals surface area contributed by atoms with Crippen molar-refractivity contribution in [2.45, 2.75) is 6.54 Å². The molecule has 0 atom stereocenters. The van der Waals surface area contributed by atoms with Gasteiger partial charge < -0.3 is 9.30 Å². The maximum atomic E-state index is 11.0. The van der Waals surface area contributed by atoms with E-state index >= 15 is 0 Å². The van der Waals surface area contributed by atoms with Crippen LogP contribution in [-0.4, -0.2) is 21.1 Å². The maximum Gasteiger partial charge on any atom is 0.181 e. The molecule has 3 aromatic rings. The van der Waals surface area contributed by atoms with Crippen LogP contribution < -0.4 is 10.2 Å². The van der Waals surface area contributed by atoms with E-state index in [1.54, 1.807) is 18.6 Å². The highest BCUT2D eigenvalue weighted by Crippen LogP contribution is 2.17. The second-order valence-electron chi connectivity index (χ2n) is 4.36. The highest BCUT2D eigenvalue weighted by molar-refractivity contribution is 5.85. The predicted octanol–water partition coefficient (Wildman–Crippen LogP) is 2.29. The van der Waals surface area contributed by atoms with Crippen molar-refractivity contribution in [2.24, 2.45) is 0 Å². The highest BCUT2D eigenvalue weighted by Gasteiger charge is 1.98. The molecular weight excluding hydrogens is 290 g/mol. The van der Waals surface area contributed by atoms with Crippen LogP contribution in [-0.2, 0) is 6.54 Å². The minimum absolute atomic E-state index is 0. The van der Waals surface area contributed by atoms with E-state index in [2.05, 4.69) is 9.97 Å². The van der Waals surface area contributed by atoms with Crippen molar-refractivity contribution < 1.29 is 4.74 Å². The first kappa shape index (κ1) is 15.0. The van der Waals surface area contributed by atoms with Crippen molar-refractivity contribution in [1.29, 1.82) is 0 Å². The monoisotopic (exact) mass is 303 g/mol. The fourth-order valence-corrected chi connectivity index (χ4v) is 1.91. The van der Waals surface area contributed by atoms with E-state index in [1.165, 1.54) is 18.5 Å². The number of hydrogen-bond donors (Lipinski definition) is 0. The van der Waals surface area contributed by atoms with Crippen LogP contribution in [0.3, 0.4) is 0 Å². The largest absolute Gasteiger partial charge is 0.492 e. The molecule has 0 bridgehead atoms. The lowest BCUT2D eigenvalue weighted by Gasteiger charge is -2.08. The molecule has 6 heteroatoms. The zero-order chi connectivity index (χ0) is 13.8. The van der Waals surface area contributed by atoms with Gasteiger partial charge in [-0.05, 0) is 12.1 Å². The van der Waals surface area contributed by atoms with Gasteiger partial charge in [-0.3, -0.25) is 4.79 Å². The van der Waals surface area contributed by atoms with Gasteiger partial charge in [0.2, 0.25) is 0 Å². The summed E-state index contributed by atoms with van der Waals surface area (Å²) in [6.45, 7) is 1.21. The lowest BCUT2D eigenvalue weighted by molar-refractivity contribution is 0.298. The third-order valence-corrected chi connectivity index (χ3v) is 2.96. The minimum atomic E-state index is 0. The van der Waals surface area contributed by atoms with Crippen LogP contribution in [0.5, 0.6) is 5.75 Å². The molecule has 5 nitrogen and oxygen atoms in total. The van der Waals surface area contributed by atoms with Crippen LogP contribution in [0.4, 0.5) is 0 Å². The molecule has 0 unspecified atom stereocenters. The molecule has 2 aromatic heterocycles. The maximum absolute atomic E-state index is 11.0. The van der Waals surface area contributed by atoms with Gasteiger partial charge in [-0.2, -0.15) is 0 Å². The Morgan fingerprint density at radius 1 is 1.14 bits per heavy atom. The van der Waals surface area contributed by atoms with E-state index in [9.17, 15) is 4.79 Å². The van der Waals surface area contributed by atoms with Crippen LogP contribution in [0.1, 0.15) is 0 Å². The molecule has 0 saturated heterocycles. The molecule has 108 valence electrons. The van der Waals surface area contributed by atoms with Crippen molar-refractivity contribution >= 4 is 23.3 Å². The first-order valence-electron chi connectivity index (χ1n) is 6.30.